The van der Waals surface area contributed by atoms with Crippen LogP contribution < -0.4 is 4.90 Å². The van der Waals surface area contributed by atoms with Gasteiger partial charge in [-0.25, -0.2) is 0 Å². The molecule has 4 atom stereocenters. The Labute approximate surface area is 327 Å². The fourth-order valence-electron chi connectivity index (χ4n) is 10.9. The summed E-state index contributed by atoms with van der Waals surface area (Å²) in [5.41, 5.74) is 14.0. The lowest BCUT2D eigenvalue weighted by Crippen LogP contribution is -2.51. The first-order chi connectivity index (χ1) is 27.6. The van der Waals surface area contributed by atoms with E-state index < -0.39 is 0 Å². The summed E-state index contributed by atoms with van der Waals surface area (Å²) in [6, 6.07) is 46.4. The second kappa shape index (κ2) is 12.1. The molecule has 0 saturated carbocycles. The monoisotopic (exact) mass is 722 g/mol. The third kappa shape index (κ3) is 4.58. The molecular weight excluding hydrogens is 681 g/mol. The van der Waals surface area contributed by atoms with Gasteiger partial charge in [-0.1, -0.05) is 146 Å². The van der Waals surface area contributed by atoms with Gasteiger partial charge in [-0.3, -0.25) is 0 Å². The highest BCUT2D eigenvalue weighted by atomic mass is 16.3. The van der Waals surface area contributed by atoms with E-state index in [4.69, 9.17) is 4.42 Å². The van der Waals surface area contributed by atoms with Gasteiger partial charge in [0, 0.05) is 28.4 Å². The van der Waals surface area contributed by atoms with Crippen LogP contribution in [-0.2, 0) is 6.42 Å². The maximum atomic E-state index is 6.72. The summed E-state index contributed by atoms with van der Waals surface area (Å²) in [7, 11) is 0. The second-order valence-electron chi connectivity index (χ2n) is 16.5. The highest BCUT2D eigenvalue weighted by molar-refractivity contribution is 6.20. The first-order valence-electron chi connectivity index (χ1n) is 20.3. The topological polar surface area (TPSA) is 21.3 Å². The molecule has 4 aliphatic rings. The van der Waals surface area contributed by atoms with E-state index in [2.05, 4.69) is 186 Å². The number of hydrogen-bond donors (Lipinski definition) is 0. The van der Waals surface area contributed by atoms with Crippen LogP contribution in [0.3, 0.4) is 0 Å². The van der Waals surface area contributed by atoms with E-state index in [1.165, 1.54) is 83.5 Å². The normalized spacial score (nSPS) is 22.4. The van der Waals surface area contributed by atoms with E-state index in [0.29, 0.717) is 12.0 Å². The van der Waals surface area contributed by atoms with Crippen molar-refractivity contribution in [3.8, 4) is 22.3 Å². The van der Waals surface area contributed by atoms with Crippen molar-refractivity contribution in [3.63, 3.8) is 0 Å². The van der Waals surface area contributed by atoms with Crippen molar-refractivity contribution >= 4 is 49.4 Å². The lowest BCUT2D eigenvalue weighted by Gasteiger charge is -2.45. The van der Waals surface area contributed by atoms with Gasteiger partial charge in [-0.05, 0) is 107 Å². The molecule has 0 bridgehead atoms. The van der Waals surface area contributed by atoms with Crippen LogP contribution in [0.15, 0.2) is 174 Å². The first kappa shape index (κ1) is 32.0. The van der Waals surface area contributed by atoms with Gasteiger partial charge in [-0.2, -0.15) is 0 Å². The Hall–Kier alpha value is -6.32. The van der Waals surface area contributed by atoms with Gasteiger partial charge in [0.25, 0.3) is 0 Å². The number of nitrogens with zero attached hydrogens (tertiary/aromatic N) is 2. The van der Waals surface area contributed by atoms with Crippen LogP contribution in [0.5, 0.6) is 0 Å². The molecule has 0 amide bonds. The van der Waals surface area contributed by atoms with Crippen molar-refractivity contribution in [2.24, 2.45) is 0 Å². The Morgan fingerprint density at radius 1 is 0.661 bits per heavy atom. The molecule has 2 aromatic heterocycles. The maximum absolute atomic E-state index is 6.72. The van der Waals surface area contributed by atoms with Gasteiger partial charge < -0.3 is 13.9 Å². The lowest BCUT2D eigenvalue weighted by molar-refractivity contribution is 0.414. The zero-order chi connectivity index (χ0) is 37.0. The minimum Gasteiger partial charge on any atom is -0.439 e. The lowest BCUT2D eigenvalue weighted by atomic mass is 9.75. The van der Waals surface area contributed by atoms with E-state index in [-0.39, 0.29) is 11.6 Å². The van der Waals surface area contributed by atoms with Gasteiger partial charge >= 0.3 is 0 Å². The van der Waals surface area contributed by atoms with Crippen molar-refractivity contribution in [3.05, 3.63) is 187 Å². The molecule has 0 saturated heterocycles. The van der Waals surface area contributed by atoms with Gasteiger partial charge in [-0.15, -0.1) is 0 Å². The summed E-state index contributed by atoms with van der Waals surface area (Å²) >= 11 is 0. The molecule has 6 aromatic carbocycles. The summed E-state index contributed by atoms with van der Waals surface area (Å²) in [4.78, 5) is 2.76. The quantitative estimate of drug-likeness (QED) is 0.180. The molecule has 270 valence electrons. The minimum atomic E-state index is -0.0297. The number of hydrogen-bond acceptors (Lipinski definition) is 2. The van der Waals surface area contributed by atoms with Gasteiger partial charge in [0.1, 0.15) is 5.58 Å². The molecule has 0 radical (unpaired) electrons. The Kier molecular flexibility index (Phi) is 6.90. The smallest absolute Gasteiger partial charge is 0.209 e. The van der Waals surface area contributed by atoms with E-state index >= 15 is 0 Å². The molecule has 12 rings (SSSR count). The molecule has 3 heterocycles. The highest BCUT2D eigenvalue weighted by Gasteiger charge is 2.47. The molecule has 8 aromatic rings. The molecule has 0 N–H and O–H groups in total. The fourth-order valence-corrected chi connectivity index (χ4v) is 10.9. The van der Waals surface area contributed by atoms with E-state index in [1.807, 2.05) is 0 Å². The Morgan fingerprint density at radius 2 is 1.41 bits per heavy atom. The van der Waals surface area contributed by atoms with Crippen LogP contribution >= 0.6 is 0 Å². The average Bonchev–Trinajstić information content (AvgIpc) is 3.91. The van der Waals surface area contributed by atoms with Gasteiger partial charge in [0.15, 0.2) is 0 Å². The zero-order valence-electron chi connectivity index (χ0n) is 31.5. The molecule has 3 nitrogen and oxygen atoms in total. The number of allylic oxidation sites excluding steroid dienone is 6. The van der Waals surface area contributed by atoms with Gasteiger partial charge in [0.2, 0.25) is 5.71 Å². The number of anilines is 1. The zero-order valence-corrected chi connectivity index (χ0v) is 31.5. The van der Waals surface area contributed by atoms with Crippen molar-refractivity contribution in [2.45, 2.75) is 56.1 Å². The van der Waals surface area contributed by atoms with Crippen LogP contribution in [0.2, 0.25) is 0 Å². The predicted molar refractivity (Wildman–Crippen MR) is 234 cm³/mol. The first-order valence-corrected chi connectivity index (χ1v) is 20.3. The molecule has 56 heavy (non-hydrogen) atoms. The van der Waals surface area contributed by atoms with Crippen LogP contribution in [0.25, 0.3) is 66.0 Å². The fraction of sp³-hybridized carbons (Fsp3) is 0.170. The van der Waals surface area contributed by atoms with E-state index in [0.717, 1.165) is 30.6 Å². The van der Waals surface area contributed by atoms with Crippen LogP contribution in [0, 0.1) is 0 Å². The molecule has 3 heteroatoms. The van der Waals surface area contributed by atoms with Crippen molar-refractivity contribution < 1.29 is 4.42 Å². The molecule has 0 fully saturated rings. The van der Waals surface area contributed by atoms with Crippen molar-refractivity contribution in [1.29, 1.82) is 0 Å². The predicted octanol–water partition coefficient (Wildman–Crippen LogP) is 13.6. The second-order valence-corrected chi connectivity index (χ2v) is 16.5. The maximum Gasteiger partial charge on any atom is 0.209 e. The average molecular weight is 723 g/mol. The SMILES string of the molecule is CC1(N2c3ccccc3C3c4cc(-c5ccc(-c6ccc7oc8c(c7c6)c6ccccc6n8C6C=CC=CC6)c6ccccc56)ccc4CCC32)C=CC=CC1. The summed E-state index contributed by atoms with van der Waals surface area (Å²) in [6.45, 7) is 2.42. The van der Waals surface area contributed by atoms with E-state index in [9.17, 15) is 0 Å². The van der Waals surface area contributed by atoms with Crippen molar-refractivity contribution in [2.75, 3.05) is 4.90 Å². The van der Waals surface area contributed by atoms with Crippen LogP contribution in [0.1, 0.15) is 54.8 Å². The Morgan fingerprint density at radius 3 is 2.21 bits per heavy atom. The number of aryl methyl sites for hydroxylation is 1. The summed E-state index contributed by atoms with van der Waals surface area (Å²) < 4.78 is 9.11. The summed E-state index contributed by atoms with van der Waals surface area (Å²) in [5.74, 6) is 0.353. The standard InChI is InChI=1S/C53H42N2O/c1-53(30-12-3-13-31-53)55-47-21-11-9-19-43(47)50-44-32-35(23-22-34(44)24-28-48(50)55)38-26-27-39(41-17-7-6-16-40(38)41)36-25-29-49-45(33-36)51-42-18-8-10-20-46(42)54(52(51)56-49)37-14-4-2-5-15-37/h2-14,16-23,25-27,29-30,32-33,37,48,50H,15,24,28,31H2,1H3. The largest absolute Gasteiger partial charge is 0.439 e. The van der Waals surface area contributed by atoms with E-state index in [1.54, 1.807) is 0 Å². The number of fused-ring (bicyclic) bond motifs is 11. The number of aromatic nitrogens is 1. The summed E-state index contributed by atoms with van der Waals surface area (Å²) in [5, 5.41) is 6.16. The van der Waals surface area contributed by atoms with Gasteiger partial charge in [0.05, 0.1) is 22.5 Å². The molecule has 3 aliphatic carbocycles. The van der Waals surface area contributed by atoms with Crippen LogP contribution in [0.4, 0.5) is 5.69 Å². The Bertz CT molecular complexity index is 3040. The minimum absolute atomic E-state index is 0.0297. The highest BCUT2D eigenvalue weighted by Crippen LogP contribution is 2.54. The third-order valence-electron chi connectivity index (χ3n) is 13.4. The number of benzene rings is 6. The number of rotatable bonds is 4. The number of furan rings is 1. The molecular formula is C53H42N2O. The van der Waals surface area contributed by atoms with Crippen molar-refractivity contribution in [1.82, 2.24) is 4.57 Å². The molecule has 1 aliphatic heterocycles. The Balaban J connectivity index is 0.976. The van der Waals surface area contributed by atoms with Crippen LogP contribution in [-0.4, -0.2) is 16.1 Å². The molecule has 4 unspecified atom stereocenters. The molecule has 0 spiro atoms. The number of para-hydroxylation sites is 2. The summed E-state index contributed by atoms with van der Waals surface area (Å²) in [6.07, 6.45) is 22.3. The third-order valence-corrected chi connectivity index (χ3v) is 13.4.